The van der Waals surface area contributed by atoms with Crippen LogP contribution in [0, 0.1) is 0 Å². The van der Waals surface area contributed by atoms with Crippen molar-refractivity contribution in [2.75, 3.05) is 20.1 Å². The largest absolute Gasteiger partial charge is 0.353 e. The Balaban J connectivity index is 0.00000196. The molecule has 1 aromatic rings. The fourth-order valence-electron chi connectivity index (χ4n) is 0.955. The van der Waals surface area contributed by atoms with Crippen molar-refractivity contribution in [1.82, 2.24) is 20.4 Å². The number of rotatable bonds is 5. The van der Waals surface area contributed by atoms with Crippen LogP contribution in [0.4, 0.5) is 0 Å². The molecule has 5 nitrogen and oxygen atoms in total. The molecule has 0 radical (unpaired) electrons. The van der Waals surface area contributed by atoms with Gasteiger partial charge in [0.2, 0.25) is 5.91 Å². The van der Waals surface area contributed by atoms with E-state index in [1.54, 1.807) is 17.1 Å². The Kier molecular flexibility index (Phi) is 7.37. The summed E-state index contributed by atoms with van der Waals surface area (Å²) in [6.07, 6.45) is 3.42. The minimum atomic E-state index is -0.0316. The molecule has 0 saturated heterocycles. The molecule has 0 atom stereocenters. The van der Waals surface area contributed by atoms with Crippen LogP contribution in [0.2, 0.25) is 0 Å². The standard InChI is InChI=1S/C8H13BrN4O.ClH/c1-10-2-3-11-8(14)6-13-5-7(9)4-12-13;/h4-5,10H,2-3,6H2,1H3,(H,11,14);1H. The SMILES string of the molecule is CNCCNC(=O)Cn1cc(Br)cn1.Cl. The van der Waals surface area contributed by atoms with Gasteiger partial charge in [-0.15, -0.1) is 12.4 Å². The molecule has 0 unspecified atom stereocenters. The van der Waals surface area contributed by atoms with Crippen LogP contribution in [0.5, 0.6) is 0 Å². The summed E-state index contributed by atoms with van der Waals surface area (Å²) < 4.78 is 2.46. The van der Waals surface area contributed by atoms with E-state index in [0.717, 1.165) is 11.0 Å². The Morgan fingerprint density at radius 2 is 2.33 bits per heavy atom. The van der Waals surface area contributed by atoms with Crippen molar-refractivity contribution in [1.29, 1.82) is 0 Å². The van der Waals surface area contributed by atoms with Crippen molar-refractivity contribution in [3.05, 3.63) is 16.9 Å². The first-order valence-corrected chi connectivity index (χ1v) is 5.11. The van der Waals surface area contributed by atoms with Crippen molar-refractivity contribution in [2.24, 2.45) is 0 Å². The van der Waals surface area contributed by atoms with Crippen LogP contribution in [0.15, 0.2) is 16.9 Å². The van der Waals surface area contributed by atoms with Crippen molar-refractivity contribution >= 4 is 34.2 Å². The van der Waals surface area contributed by atoms with Gasteiger partial charge in [0.05, 0.1) is 10.7 Å². The number of hydrogen-bond acceptors (Lipinski definition) is 3. The average Bonchev–Trinajstić information content (AvgIpc) is 2.52. The van der Waals surface area contributed by atoms with E-state index in [4.69, 9.17) is 0 Å². The van der Waals surface area contributed by atoms with Gasteiger partial charge in [-0.25, -0.2) is 0 Å². The van der Waals surface area contributed by atoms with E-state index in [9.17, 15) is 4.79 Å². The maximum Gasteiger partial charge on any atom is 0.241 e. The highest BCUT2D eigenvalue weighted by molar-refractivity contribution is 9.10. The number of hydrogen-bond donors (Lipinski definition) is 2. The second kappa shape index (κ2) is 7.67. The topological polar surface area (TPSA) is 58.9 Å². The van der Waals surface area contributed by atoms with Crippen molar-refractivity contribution in [2.45, 2.75) is 6.54 Å². The average molecular weight is 298 g/mol. The molecule has 1 amide bonds. The number of likely N-dealkylation sites (N-methyl/N-ethyl adjacent to an activating group) is 1. The van der Waals surface area contributed by atoms with E-state index in [-0.39, 0.29) is 24.9 Å². The molecule has 1 rings (SSSR count). The number of amides is 1. The van der Waals surface area contributed by atoms with Gasteiger partial charge in [0, 0.05) is 19.3 Å². The Bertz CT molecular complexity index is 305. The van der Waals surface area contributed by atoms with Crippen LogP contribution < -0.4 is 10.6 Å². The Morgan fingerprint density at radius 3 is 2.87 bits per heavy atom. The molecule has 86 valence electrons. The summed E-state index contributed by atoms with van der Waals surface area (Å²) in [6, 6.07) is 0. The van der Waals surface area contributed by atoms with E-state index in [1.807, 2.05) is 7.05 Å². The first kappa shape index (κ1) is 14.4. The van der Waals surface area contributed by atoms with Crippen molar-refractivity contribution in [3.63, 3.8) is 0 Å². The van der Waals surface area contributed by atoms with Crippen molar-refractivity contribution in [3.8, 4) is 0 Å². The van der Waals surface area contributed by atoms with Gasteiger partial charge in [-0.2, -0.15) is 5.10 Å². The summed E-state index contributed by atoms with van der Waals surface area (Å²) in [5, 5.41) is 9.69. The van der Waals surface area contributed by atoms with Crippen molar-refractivity contribution < 1.29 is 4.79 Å². The molecule has 0 fully saturated rings. The second-order valence-corrected chi connectivity index (χ2v) is 3.73. The van der Waals surface area contributed by atoms with E-state index >= 15 is 0 Å². The molecule has 0 aliphatic rings. The third kappa shape index (κ3) is 5.76. The summed E-state index contributed by atoms with van der Waals surface area (Å²) in [6.45, 7) is 1.67. The van der Waals surface area contributed by atoms with Crippen LogP contribution >= 0.6 is 28.3 Å². The zero-order valence-corrected chi connectivity index (χ0v) is 10.8. The lowest BCUT2D eigenvalue weighted by molar-refractivity contribution is -0.121. The van der Waals surface area contributed by atoms with Gasteiger partial charge in [-0.05, 0) is 23.0 Å². The van der Waals surface area contributed by atoms with Gasteiger partial charge < -0.3 is 10.6 Å². The molecule has 0 aliphatic heterocycles. The molecule has 0 aromatic carbocycles. The van der Waals surface area contributed by atoms with E-state index in [2.05, 4.69) is 31.7 Å². The minimum Gasteiger partial charge on any atom is -0.353 e. The van der Waals surface area contributed by atoms with Crippen LogP contribution in [-0.4, -0.2) is 35.8 Å². The van der Waals surface area contributed by atoms with Crippen LogP contribution in [0.3, 0.4) is 0 Å². The van der Waals surface area contributed by atoms with Gasteiger partial charge in [0.25, 0.3) is 0 Å². The molecule has 0 spiro atoms. The van der Waals surface area contributed by atoms with Gasteiger partial charge in [-0.1, -0.05) is 0 Å². The normalized spacial score (nSPS) is 9.47. The maximum atomic E-state index is 11.3. The lowest BCUT2D eigenvalue weighted by Gasteiger charge is -2.04. The third-order valence-electron chi connectivity index (χ3n) is 1.60. The minimum absolute atomic E-state index is 0. The Hall–Kier alpha value is -0.590. The van der Waals surface area contributed by atoms with E-state index < -0.39 is 0 Å². The number of carbonyl (C=O) groups excluding carboxylic acids is 1. The smallest absolute Gasteiger partial charge is 0.241 e. The summed E-state index contributed by atoms with van der Waals surface area (Å²) in [5.74, 6) is -0.0316. The molecule has 1 heterocycles. The molecule has 7 heteroatoms. The number of carbonyl (C=O) groups is 1. The fraction of sp³-hybridized carbons (Fsp3) is 0.500. The van der Waals surface area contributed by atoms with Gasteiger partial charge in [0.1, 0.15) is 6.54 Å². The van der Waals surface area contributed by atoms with E-state index in [1.165, 1.54) is 0 Å². The highest BCUT2D eigenvalue weighted by Crippen LogP contribution is 2.05. The molecule has 1 aromatic heterocycles. The zero-order valence-electron chi connectivity index (χ0n) is 8.36. The predicted octanol–water partition coefficient (Wildman–Crippen LogP) is 0.403. The van der Waals surface area contributed by atoms with Crippen LogP contribution in [-0.2, 0) is 11.3 Å². The molecule has 0 saturated carbocycles. The first-order valence-electron chi connectivity index (χ1n) is 4.31. The summed E-state index contributed by atoms with van der Waals surface area (Å²) in [7, 11) is 1.84. The molecule has 0 bridgehead atoms. The molecule has 0 aliphatic carbocycles. The number of nitrogens with one attached hydrogen (secondary N) is 2. The number of nitrogens with zero attached hydrogens (tertiary/aromatic N) is 2. The summed E-state index contributed by atoms with van der Waals surface area (Å²) in [5.41, 5.74) is 0. The Morgan fingerprint density at radius 1 is 1.60 bits per heavy atom. The highest BCUT2D eigenvalue weighted by Gasteiger charge is 2.02. The summed E-state index contributed by atoms with van der Waals surface area (Å²) >= 11 is 3.26. The maximum absolute atomic E-state index is 11.3. The van der Waals surface area contributed by atoms with Gasteiger partial charge >= 0.3 is 0 Å². The van der Waals surface area contributed by atoms with Gasteiger partial charge in [0.15, 0.2) is 0 Å². The van der Waals surface area contributed by atoms with E-state index in [0.29, 0.717) is 6.54 Å². The second-order valence-electron chi connectivity index (χ2n) is 2.81. The number of aromatic nitrogens is 2. The summed E-state index contributed by atoms with van der Waals surface area (Å²) in [4.78, 5) is 11.3. The zero-order chi connectivity index (χ0) is 10.4. The predicted molar refractivity (Wildman–Crippen MR) is 64.1 cm³/mol. The molecular formula is C8H14BrClN4O. The molecule has 2 N–H and O–H groups in total. The van der Waals surface area contributed by atoms with Crippen LogP contribution in [0.1, 0.15) is 0 Å². The monoisotopic (exact) mass is 296 g/mol. The lowest BCUT2D eigenvalue weighted by atomic mass is 10.5. The Labute approximate surface area is 103 Å². The molecular weight excluding hydrogens is 283 g/mol. The van der Waals surface area contributed by atoms with Crippen LogP contribution in [0.25, 0.3) is 0 Å². The third-order valence-corrected chi connectivity index (χ3v) is 2.01. The quantitative estimate of drug-likeness (QED) is 0.774. The van der Waals surface area contributed by atoms with Gasteiger partial charge in [-0.3, -0.25) is 9.48 Å². The lowest BCUT2D eigenvalue weighted by Crippen LogP contribution is -2.33. The molecule has 15 heavy (non-hydrogen) atoms. The highest BCUT2D eigenvalue weighted by atomic mass is 79.9. The fourth-order valence-corrected chi connectivity index (χ4v) is 1.28. The first-order chi connectivity index (χ1) is 6.72. The number of halogens is 2.